The van der Waals surface area contributed by atoms with Crippen LogP contribution in [0, 0.1) is 17.5 Å². The number of hydrogen-bond donors (Lipinski definition) is 0. The summed E-state index contributed by atoms with van der Waals surface area (Å²) in [5, 5.41) is 6.43. The van der Waals surface area contributed by atoms with Crippen molar-refractivity contribution in [3.8, 4) is 11.3 Å². The van der Waals surface area contributed by atoms with Gasteiger partial charge in [-0.2, -0.15) is 5.10 Å². The lowest BCUT2D eigenvalue weighted by Crippen LogP contribution is -2.50. The molecular formula is C26H21F3N4O. The van der Waals surface area contributed by atoms with Crippen LogP contribution in [0.4, 0.5) is 13.2 Å². The molecule has 0 saturated carbocycles. The summed E-state index contributed by atoms with van der Waals surface area (Å²) in [5.41, 5.74) is 2.79. The molecule has 0 radical (unpaired) electrons. The van der Waals surface area contributed by atoms with Crippen LogP contribution in [0.15, 0.2) is 48.7 Å². The Morgan fingerprint density at radius 2 is 1.82 bits per heavy atom. The molecule has 0 unspecified atom stereocenters. The van der Waals surface area contributed by atoms with Crippen molar-refractivity contribution in [1.29, 1.82) is 0 Å². The van der Waals surface area contributed by atoms with Gasteiger partial charge in [0.15, 0.2) is 17.5 Å². The molecule has 1 amide bonds. The van der Waals surface area contributed by atoms with Gasteiger partial charge >= 0.3 is 0 Å². The molecule has 0 aliphatic carbocycles. The van der Waals surface area contributed by atoms with Crippen LogP contribution in [0.2, 0.25) is 0 Å². The van der Waals surface area contributed by atoms with Crippen LogP contribution in [0.25, 0.3) is 22.0 Å². The van der Waals surface area contributed by atoms with Crippen molar-refractivity contribution in [2.45, 2.75) is 37.8 Å². The first-order valence-electron chi connectivity index (χ1n) is 11.3. The Labute approximate surface area is 193 Å². The molecule has 0 spiro atoms. The molecule has 2 aliphatic heterocycles. The normalized spacial score (nSPS) is 19.4. The number of fused-ring (bicyclic) bond motifs is 5. The van der Waals surface area contributed by atoms with Gasteiger partial charge < -0.3 is 4.90 Å². The maximum absolute atomic E-state index is 14.0. The number of benzene rings is 2. The molecular weight excluding hydrogens is 441 g/mol. The molecule has 1 saturated heterocycles. The van der Waals surface area contributed by atoms with Gasteiger partial charge in [-0.3, -0.25) is 14.5 Å². The van der Waals surface area contributed by atoms with E-state index in [2.05, 4.69) is 10.1 Å². The van der Waals surface area contributed by atoms with Gasteiger partial charge in [0.1, 0.15) is 5.69 Å². The number of nitrogens with zero attached hydrogens (tertiary/aromatic N) is 4. The zero-order valence-corrected chi connectivity index (χ0v) is 18.4. The molecule has 172 valence electrons. The molecule has 2 bridgehead atoms. The number of aromatic nitrogens is 3. The zero-order chi connectivity index (χ0) is 23.6. The van der Waals surface area contributed by atoms with E-state index >= 15 is 0 Å². The molecule has 2 atom stereocenters. The second kappa shape index (κ2) is 7.68. The molecule has 4 heterocycles. The van der Waals surface area contributed by atoms with Crippen molar-refractivity contribution in [3.05, 3.63) is 83.1 Å². The van der Waals surface area contributed by atoms with E-state index in [0.29, 0.717) is 17.8 Å². The third-order valence-corrected chi connectivity index (χ3v) is 7.04. The molecule has 6 rings (SSSR count). The molecule has 2 aromatic carbocycles. The van der Waals surface area contributed by atoms with E-state index in [-0.39, 0.29) is 23.6 Å². The molecule has 0 N–H and O–H groups in total. The average molecular weight is 462 g/mol. The van der Waals surface area contributed by atoms with Crippen LogP contribution < -0.4 is 0 Å². The lowest BCUT2D eigenvalue weighted by atomic mass is 9.81. The van der Waals surface area contributed by atoms with Gasteiger partial charge in [-0.15, -0.1) is 0 Å². The van der Waals surface area contributed by atoms with Crippen LogP contribution in [0.3, 0.4) is 0 Å². The molecule has 4 aromatic rings. The minimum atomic E-state index is -1.49. The lowest BCUT2D eigenvalue weighted by molar-refractivity contribution is 0.0388. The Morgan fingerprint density at radius 3 is 2.62 bits per heavy atom. The number of piperidine rings is 1. The number of aryl methyl sites for hydroxylation is 1. The third kappa shape index (κ3) is 3.04. The van der Waals surface area contributed by atoms with E-state index in [4.69, 9.17) is 0 Å². The SMILES string of the molecule is Cn1nc2c(c1-c1cc(F)c(F)c(F)c1)C[C@H]1CCC[C@@H]2N1C(=O)c1nccc2ccccc12. The van der Waals surface area contributed by atoms with Crippen molar-refractivity contribution in [2.24, 2.45) is 7.05 Å². The topological polar surface area (TPSA) is 51.0 Å². The maximum atomic E-state index is 14.0. The molecule has 34 heavy (non-hydrogen) atoms. The van der Waals surface area contributed by atoms with E-state index in [9.17, 15) is 18.0 Å². The Balaban J connectivity index is 1.46. The number of amides is 1. The summed E-state index contributed by atoms with van der Waals surface area (Å²) in [4.78, 5) is 20.1. The quantitative estimate of drug-likeness (QED) is 0.378. The Morgan fingerprint density at radius 1 is 1.06 bits per heavy atom. The summed E-state index contributed by atoms with van der Waals surface area (Å²) in [5.74, 6) is -4.10. The van der Waals surface area contributed by atoms with E-state index in [1.807, 2.05) is 35.2 Å². The highest BCUT2D eigenvalue weighted by atomic mass is 19.2. The average Bonchev–Trinajstić information content (AvgIpc) is 3.16. The summed E-state index contributed by atoms with van der Waals surface area (Å²) in [6.07, 6.45) is 4.66. The molecule has 2 aromatic heterocycles. The standard InChI is InChI=1S/C26H21F3N4O/c1-32-25(15-11-19(27)22(29)20(28)12-15)18-13-16-6-4-8-21(23(18)31-32)33(16)26(34)24-17-7-3-2-5-14(17)9-10-30-24/h2-3,5,7,9-12,16,21H,4,6,8,13H2,1H3/t16-,21+/m1/s1. The largest absolute Gasteiger partial charge is 0.325 e. The Bertz CT molecular complexity index is 1440. The fourth-order valence-electron chi connectivity index (χ4n) is 5.61. The van der Waals surface area contributed by atoms with Crippen molar-refractivity contribution in [2.75, 3.05) is 0 Å². The summed E-state index contributed by atoms with van der Waals surface area (Å²) >= 11 is 0. The summed E-state index contributed by atoms with van der Waals surface area (Å²) in [7, 11) is 1.70. The van der Waals surface area contributed by atoms with Crippen LogP contribution in [0.1, 0.15) is 47.1 Å². The highest BCUT2D eigenvalue weighted by Crippen LogP contribution is 2.45. The number of carbonyl (C=O) groups excluding carboxylic acids is 1. The van der Waals surface area contributed by atoms with E-state index in [1.165, 1.54) is 0 Å². The second-order valence-electron chi connectivity index (χ2n) is 8.99. The summed E-state index contributed by atoms with van der Waals surface area (Å²) < 4.78 is 43.2. The third-order valence-electron chi connectivity index (χ3n) is 7.04. The number of pyridine rings is 1. The van der Waals surface area contributed by atoms with Gasteiger partial charge in [-0.05, 0) is 49.3 Å². The first-order valence-corrected chi connectivity index (χ1v) is 11.3. The van der Waals surface area contributed by atoms with Crippen LogP contribution in [-0.4, -0.2) is 31.6 Å². The van der Waals surface area contributed by atoms with Gasteiger partial charge in [-0.1, -0.05) is 24.3 Å². The van der Waals surface area contributed by atoms with Gasteiger partial charge in [-0.25, -0.2) is 13.2 Å². The molecule has 2 aliphatic rings. The monoisotopic (exact) mass is 462 g/mol. The van der Waals surface area contributed by atoms with Crippen LogP contribution in [-0.2, 0) is 13.5 Å². The molecule has 5 nitrogen and oxygen atoms in total. The van der Waals surface area contributed by atoms with Crippen molar-refractivity contribution >= 4 is 16.7 Å². The summed E-state index contributed by atoms with van der Waals surface area (Å²) in [6.45, 7) is 0. The fourth-order valence-corrected chi connectivity index (χ4v) is 5.61. The maximum Gasteiger partial charge on any atom is 0.273 e. The first kappa shape index (κ1) is 20.9. The van der Waals surface area contributed by atoms with E-state index in [0.717, 1.165) is 53.4 Å². The predicted molar refractivity (Wildman–Crippen MR) is 121 cm³/mol. The van der Waals surface area contributed by atoms with Gasteiger partial charge in [0.2, 0.25) is 0 Å². The van der Waals surface area contributed by atoms with Gasteiger partial charge in [0, 0.05) is 35.8 Å². The van der Waals surface area contributed by atoms with Crippen molar-refractivity contribution < 1.29 is 18.0 Å². The summed E-state index contributed by atoms with van der Waals surface area (Å²) in [6, 6.07) is 11.2. The van der Waals surface area contributed by atoms with Crippen LogP contribution in [0.5, 0.6) is 0 Å². The highest BCUT2D eigenvalue weighted by molar-refractivity contribution is 6.05. The van der Waals surface area contributed by atoms with Crippen molar-refractivity contribution in [1.82, 2.24) is 19.7 Å². The van der Waals surface area contributed by atoms with Crippen LogP contribution >= 0.6 is 0 Å². The number of halogens is 3. The molecule has 8 heteroatoms. The first-order chi connectivity index (χ1) is 16.4. The smallest absolute Gasteiger partial charge is 0.273 e. The fraction of sp³-hybridized carbons (Fsp3) is 0.269. The zero-order valence-electron chi connectivity index (χ0n) is 18.4. The second-order valence-corrected chi connectivity index (χ2v) is 8.99. The minimum Gasteiger partial charge on any atom is -0.325 e. The lowest BCUT2D eigenvalue weighted by Gasteiger charge is -2.45. The minimum absolute atomic E-state index is 0.0855. The number of hydrogen-bond acceptors (Lipinski definition) is 3. The predicted octanol–water partition coefficient (Wildman–Crippen LogP) is 5.34. The number of rotatable bonds is 2. The van der Waals surface area contributed by atoms with Gasteiger partial charge in [0.05, 0.1) is 17.4 Å². The highest BCUT2D eigenvalue weighted by Gasteiger charge is 2.44. The van der Waals surface area contributed by atoms with Gasteiger partial charge in [0.25, 0.3) is 5.91 Å². The van der Waals surface area contributed by atoms with E-state index < -0.39 is 17.5 Å². The van der Waals surface area contributed by atoms with E-state index in [1.54, 1.807) is 17.9 Å². The number of carbonyl (C=O) groups is 1. The Kier molecular flexibility index (Phi) is 4.72. The molecule has 1 fully saturated rings. The van der Waals surface area contributed by atoms with Crippen molar-refractivity contribution in [3.63, 3.8) is 0 Å². The Hall–Kier alpha value is -3.68.